The van der Waals surface area contributed by atoms with Gasteiger partial charge in [0.1, 0.15) is 11.6 Å². The highest BCUT2D eigenvalue weighted by atomic mass is 35.5. The second-order valence-electron chi connectivity index (χ2n) is 5.75. The molecule has 0 unspecified atom stereocenters. The summed E-state index contributed by atoms with van der Waals surface area (Å²) in [5.74, 6) is 0.0554. The lowest BCUT2D eigenvalue weighted by molar-refractivity contribution is 0.102. The molecule has 25 heavy (non-hydrogen) atoms. The van der Waals surface area contributed by atoms with Crippen LogP contribution in [0, 0.1) is 5.82 Å². The molecule has 2 heterocycles. The quantitative estimate of drug-likeness (QED) is 0.850. The molecular weight excluding hydrogens is 366 g/mol. The van der Waals surface area contributed by atoms with E-state index in [2.05, 4.69) is 15.6 Å². The van der Waals surface area contributed by atoms with Gasteiger partial charge in [-0.1, -0.05) is 6.07 Å². The average Bonchev–Trinajstić information content (AvgIpc) is 2.57. The van der Waals surface area contributed by atoms with E-state index in [-0.39, 0.29) is 42.2 Å². The number of aromatic nitrogens is 1. The fraction of sp³-hybridized carbons (Fsp3) is 0.294. The summed E-state index contributed by atoms with van der Waals surface area (Å²) in [6.45, 7) is 1.41. The number of halogens is 3. The van der Waals surface area contributed by atoms with Gasteiger partial charge in [-0.15, -0.1) is 24.8 Å². The average molecular weight is 387 g/mol. The number of benzene rings is 1. The first kappa shape index (κ1) is 21.2. The minimum atomic E-state index is -0.365. The van der Waals surface area contributed by atoms with Crippen LogP contribution in [0.2, 0.25) is 0 Å². The molecule has 0 fully saturated rings. The molecule has 8 heteroatoms. The van der Waals surface area contributed by atoms with Crippen LogP contribution in [0.1, 0.15) is 21.5 Å². The predicted molar refractivity (Wildman–Crippen MR) is 103 cm³/mol. The Morgan fingerprint density at radius 2 is 2.00 bits per heavy atom. The number of amides is 1. The van der Waals surface area contributed by atoms with Crippen LogP contribution in [0.25, 0.3) is 0 Å². The number of hydrogen-bond acceptors (Lipinski definition) is 4. The summed E-state index contributed by atoms with van der Waals surface area (Å²) in [6, 6.07) is 6.90. The molecular formula is C17H21Cl2FN4O. The Kier molecular flexibility index (Phi) is 7.60. The van der Waals surface area contributed by atoms with Gasteiger partial charge in [0, 0.05) is 26.8 Å². The molecule has 136 valence electrons. The van der Waals surface area contributed by atoms with Gasteiger partial charge in [-0.3, -0.25) is 4.79 Å². The zero-order valence-corrected chi connectivity index (χ0v) is 15.6. The highest BCUT2D eigenvalue weighted by Gasteiger charge is 2.18. The van der Waals surface area contributed by atoms with E-state index < -0.39 is 0 Å². The smallest absolute Gasteiger partial charge is 0.257 e. The summed E-state index contributed by atoms with van der Waals surface area (Å²) >= 11 is 0. The Morgan fingerprint density at radius 1 is 1.24 bits per heavy atom. The van der Waals surface area contributed by atoms with E-state index >= 15 is 0 Å². The standard InChI is InChI=1S/C17H19FN4O.2ClH/c1-22(2)15-6-4-12(10-20-15)17(23)21-14-5-3-11-9-19-8-7-13(11)16(14)18;;/h3-6,10,19H,7-9H2,1-2H3,(H,21,23);2*1H. The third-order valence-electron chi connectivity index (χ3n) is 3.92. The van der Waals surface area contributed by atoms with Crippen molar-refractivity contribution >= 4 is 42.2 Å². The summed E-state index contributed by atoms with van der Waals surface area (Å²) in [6.07, 6.45) is 2.12. The van der Waals surface area contributed by atoms with Crippen LogP contribution in [-0.4, -0.2) is 31.5 Å². The molecule has 1 amide bonds. The number of nitrogens with zero attached hydrogens (tertiary/aromatic N) is 2. The maximum atomic E-state index is 14.5. The minimum absolute atomic E-state index is 0. The molecule has 0 radical (unpaired) electrons. The van der Waals surface area contributed by atoms with Gasteiger partial charge in [-0.25, -0.2) is 9.37 Å². The Bertz CT molecular complexity index is 738. The van der Waals surface area contributed by atoms with Crippen molar-refractivity contribution in [2.24, 2.45) is 0 Å². The van der Waals surface area contributed by atoms with Crippen LogP contribution in [0.4, 0.5) is 15.9 Å². The van der Waals surface area contributed by atoms with E-state index in [1.165, 1.54) is 6.20 Å². The monoisotopic (exact) mass is 386 g/mol. The van der Waals surface area contributed by atoms with E-state index in [0.29, 0.717) is 24.1 Å². The first-order valence-corrected chi connectivity index (χ1v) is 7.52. The van der Waals surface area contributed by atoms with E-state index in [1.807, 2.05) is 25.1 Å². The fourth-order valence-corrected chi connectivity index (χ4v) is 2.61. The van der Waals surface area contributed by atoms with E-state index in [4.69, 9.17) is 0 Å². The SMILES string of the molecule is CN(C)c1ccc(C(=O)Nc2ccc3c(c2F)CCNC3)cn1.Cl.Cl. The van der Waals surface area contributed by atoms with Crippen molar-refractivity contribution in [3.05, 3.63) is 53.0 Å². The maximum Gasteiger partial charge on any atom is 0.257 e. The Hall–Kier alpha value is -1.89. The van der Waals surface area contributed by atoms with E-state index in [0.717, 1.165) is 17.9 Å². The van der Waals surface area contributed by atoms with Crippen molar-refractivity contribution < 1.29 is 9.18 Å². The first-order valence-electron chi connectivity index (χ1n) is 7.52. The molecule has 0 saturated carbocycles. The van der Waals surface area contributed by atoms with E-state index in [1.54, 1.807) is 18.2 Å². The lowest BCUT2D eigenvalue weighted by Crippen LogP contribution is -2.25. The largest absolute Gasteiger partial charge is 0.363 e. The van der Waals surface area contributed by atoms with Crippen molar-refractivity contribution in [1.29, 1.82) is 0 Å². The normalized spacial score (nSPS) is 12.3. The van der Waals surface area contributed by atoms with Gasteiger partial charge in [0.05, 0.1) is 11.3 Å². The Morgan fingerprint density at radius 3 is 2.64 bits per heavy atom. The van der Waals surface area contributed by atoms with Crippen molar-refractivity contribution in [2.75, 3.05) is 30.9 Å². The summed E-state index contributed by atoms with van der Waals surface area (Å²) < 4.78 is 14.5. The highest BCUT2D eigenvalue weighted by Crippen LogP contribution is 2.25. The van der Waals surface area contributed by atoms with Crippen LogP contribution in [0.5, 0.6) is 0 Å². The predicted octanol–water partition coefficient (Wildman–Crippen LogP) is 3.03. The van der Waals surface area contributed by atoms with Crippen LogP contribution in [-0.2, 0) is 13.0 Å². The first-order chi connectivity index (χ1) is 11.1. The van der Waals surface area contributed by atoms with Crippen LogP contribution >= 0.6 is 24.8 Å². The molecule has 2 N–H and O–H groups in total. The van der Waals surface area contributed by atoms with Crippen molar-refractivity contribution in [1.82, 2.24) is 10.3 Å². The van der Waals surface area contributed by atoms with Gasteiger partial charge < -0.3 is 15.5 Å². The number of carbonyl (C=O) groups is 1. The molecule has 0 spiro atoms. The molecule has 1 aromatic heterocycles. The third-order valence-corrected chi connectivity index (χ3v) is 3.92. The lowest BCUT2D eigenvalue weighted by Gasteiger charge is -2.19. The number of anilines is 2. The van der Waals surface area contributed by atoms with Gasteiger partial charge in [-0.2, -0.15) is 0 Å². The van der Waals surface area contributed by atoms with Crippen LogP contribution < -0.4 is 15.5 Å². The number of hydrogen-bond donors (Lipinski definition) is 2. The summed E-state index contributed by atoms with van der Waals surface area (Å²) in [4.78, 5) is 18.3. The Balaban J connectivity index is 0.00000156. The second kappa shape index (κ2) is 8.99. The molecule has 1 aliphatic rings. The summed E-state index contributed by atoms with van der Waals surface area (Å²) in [7, 11) is 3.75. The van der Waals surface area contributed by atoms with Gasteiger partial charge in [0.15, 0.2) is 0 Å². The molecule has 0 bridgehead atoms. The minimum Gasteiger partial charge on any atom is -0.363 e. The second-order valence-corrected chi connectivity index (χ2v) is 5.75. The van der Waals surface area contributed by atoms with Crippen LogP contribution in [0.15, 0.2) is 30.5 Å². The summed E-state index contributed by atoms with van der Waals surface area (Å²) in [5.41, 5.74) is 2.24. The fourth-order valence-electron chi connectivity index (χ4n) is 2.61. The van der Waals surface area contributed by atoms with Gasteiger partial charge >= 0.3 is 0 Å². The zero-order valence-electron chi connectivity index (χ0n) is 14.0. The summed E-state index contributed by atoms with van der Waals surface area (Å²) in [5, 5.41) is 5.84. The van der Waals surface area contributed by atoms with Crippen molar-refractivity contribution in [3.63, 3.8) is 0 Å². The Labute approximate surface area is 158 Å². The number of nitrogens with one attached hydrogen (secondary N) is 2. The molecule has 0 aliphatic carbocycles. The maximum absolute atomic E-state index is 14.5. The van der Waals surface area contributed by atoms with Gasteiger partial charge in [-0.05, 0) is 42.3 Å². The molecule has 3 rings (SSSR count). The number of carbonyl (C=O) groups excluding carboxylic acids is 1. The topological polar surface area (TPSA) is 57.3 Å². The molecule has 5 nitrogen and oxygen atoms in total. The third kappa shape index (κ3) is 4.60. The number of pyridine rings is 1. The number of rotatable bonds is 3. The lowest BCUT2D eigenvalue weighted by atomic mass is 9.99. The highest BCUT2D eigenvalue weighted by molar-refractivity contribution is 6.04. The molecule has 0 atom stereocenters. The van der Waals surface area contributed by atoms with E-state index in [9.17, 15) is 9.18 Å². The molecule has 1 aromatic carbocycles. The molecule has 2 aromatic rings. The number of fused-ring (bicyclic) bond motifs is 1. The van der Waals surface area contributed by atoms with Gasteiger partial charge in [0.25, 0.3) is 5.91 Å². The molecule has 0 saturated heterocycles. The molecule has 1 aliphatic heterocycles. The van der Waals surface area contributed by atoms with Crippen LogP contribution in [0.3, 0.4) is 0 Å². The van der Waals surface area contributed by atoms with Gasteiger partial charge in [0.2, 0.25) is 0 Å². The zero-order chi connectivity index (χ0) is 16.4. The van der Waals surface area contributed by atoms with Crippen molar-refractivity contribution in [3.8, 4) is 0 Å². The van der Waals surface area contributed by atoms with Crippen molar-refractivity contribution in [2.45, 2.75) is 13.0 Å².